The third kappa shape index (κ3) is 5.83. The number of aromatic nitrogens is 2. The van der Waals surface area contributed by atoms with Crippen molar-refractivity contribution >= 4 is 32.4 Å². The van der Waals surface area contributed by atoms with Gasteiger partial charge >= 0.3 is 0 Å². The maximum absolute atomic E-state index is 12.4. The van der Waals surface area contributed by atoms with Gasteiger partial charge in [-0.2, -0.15) is 0 Å². The van der Waals surface area contributed by atoms with Gasteiger partial charge in [-0.3, -0.25) is 10.1 Å². The molecule has 10 heteroatoms. The normalized spacial score (nSPS) is 11.4. The Kier molecular flexibility index (Phi) is 6.57. The fourth-order valence-electron chi connectivity index (χ4n) is 2.33. The van der Waals surface area contributed by atoms with Gasteiger partial charge in [0.25, 0.3) is 15.9 Å². The average molecular weight is 433 g/mol. The smallest absolute Gasteiger partial charge is 0.270 e. The first kappa shape index (κ1) is 20.9. The lowest BCUT2D eigenvalue weighted by molar-refractivity contribution is 0.102. The van der Waals surface area contributed by atoms with Gasteiger partial charge in [0, 0.05) is 12.1 Å². The van der Waals surface area contributed by atoms with Crippen LogP contribution in [0.5, 0.6) is 5.75 Å². The summed E-state index contributed by atoms with van der Waals surface area (Å²) in [5, 5.41) is 10.1. The Bertz CT molecular complexity index is 1070. The molecule has 152 valence electrons. The topological polar surface area (TPSA) is 110 Å². The molecule has 1 amide bonds. The van der Waals surface area contributed by atoms with Crippen molar-refractivity contribution in [3.63, 3.8) is 0 Å². The lowest BCUT2D eigenvalue weighted by Crippen LogP contribution is -2.23. The molecule has 1 aromatic heterocycles. The Balaban J connectivity index is 1.61. The number of anilines is 1. The van der Waals surface area contributed by atoms with Crippen LogP contribution in [0.15, 0.2) is 58.9 Å². The van der Waals surface area contributed by atoms with Crippen LogP contribution in [0, 0.1) is 0 Å². The summed E-state index contributed by atoms with van der Waals surface area (Å²) in [4.78, 5) is 12.1. The highest BCUT2D eigenvalue weighted by Gasteiger charge is 2.21. The zero-order valence-electron chi connectivity index (χ0n) is 15.8. The van der Waals surface area contributed by atoms with Crippen molar-refractivity contribution in [2.24, 2.45) is 0 Å². The van der Waals surface area contributed by atoms with Gasteiger partial charge in [-0.1, -0.05) is 41.7 Å². The minimum atomic E-state index is -3.85. The van der Waals surface area contributed by atoms with Gasteiger partial charge in [0.05, 0.1) is 6.10 Å². The summed E-state index contributed by atoms with van der Waals surface area (Å²) in [5.41, 5.74) is 1.21. The van der Waals surface area contributed by atoms with E-state index >= 15 is 0 Å². The van der Waals surface area contributed by atoms with E-state index in [1.54, 1.807) is 54.6 Å². The first-order chi connectivity index (χ1) is 13.8. The molecule has 0 unspecified atom stereocenters. The molecule has 2 aromatic carbocycles. The van der Waals surface area contributed by atoms with E-state index in [1.165, 1.54) is 0 Å². The highest BCUT2D eigenvalue weighted by molar-refractivity contribution is 7.91. The third-order valence-corrected chi connectivity index (χ3v) is 6.26. The molecule has 8 nitrogen and oxygen atoms in total. The zero-order valence-corrected chi connectivity index (χ0v) is 17.5. The monoisotopic (exact) mass is 432 g/mol. The van der Waals surface area contributed by atoms with Gasteiger partial charge in [0.1, 0.15) is 5.75 Å². The summed E-state index contributed by atoms with van der Waals surface area (Å²) >= 11 is 0.783. The number of carbonyl (C=O) groups excluding carboxylic acids is 1. The largest absolute Gasteiger partial charge is 0.491 e. The summed E-state index contributed by atoms with van der Waals surface area (Å²) < 4.78 is 32.7. The molecule has 0 radical (unpaired) electrons. The van der Waals surface area contributed by atoms with E-state index in [2.05, 4.69) is 20.2 Å². The first-order valence-corrected chi connectivity index (χ1v) is 11.1. The van der Waals surface area contributed by atoms with Crippen molar-refractivity contribution in [1.29, 1.82) is 0 Å². The molecule has 1 heterocycles. The molecular weight excluding hydrogens is 412 g/mol. The summed E-state index contributed by atoms with van der Waals surface area (Å²) in [6, 6.07) is 15.7. The number of benzene rings is 2. The number of carbonyl (C=O) groups is 1. The average Bonchev–Trinajstić information content (AvgIpc) is 3.17. The minimum Gasteiger partial charge on any atom is -0.491 e. The molecule has 0 aliphatic rings. The van der Waals surface area contributed by atoms with Crippen molar-refractivity contribution in [1.82, 2.24) is 14.9 Å². The number of nitrogens with one attached hydrogen (secondary N) is 2. The van der Waals surface area contributed by atoms with Crippen molar-refractivity contribution < 1.29 is 17.9 Å². The quantitative estimate of drug-likeness (QED) is 0.530. The van der Waals surface area contributed by atoms with Gasteiger partial charge in [0.15, 0.2) is 0 Å². The lowest BCUT2D eigenvalue weighted by atomic mass is 10.2. The number of ether oxygens (including phenoxy) is 1. The fourth-order valence-corrected chi connectivity index (χ4v) is 4.28. The SMILES string of the molecule is CC(C)Oc1ccc(CNS(=O)(=O)c2nnc(NC(=O)c3ccccc3)s2)cc1. The van der Waals surface area contributed by atoms with Crippen LogP contribution in [0.3, 0.4) is 0 Å². The second-order valence-corrected chi connectivity index (χ2v) is 9.25. The van der Waals surface area contributed by atoms with E-state index in [0.717, 1.165) is 22.6 Å². The number of rotatable bonds is 8. The van der Waals surface area contributed by atoms with E-state index in [-0.39, 0.29) is 28.0 Å². The van der Waals surface area contributed by atoms with E-state index in [1.807, 2.05) is 13.8 Å². The molecule has 2 N–H and O–H groups in total. The molecule has 0 aliphatic heterocycles. The number of sulfonamides is 1. The van der Waals surface area contributed by atoms with E-state index in [4.69, 9.17) is 4.74 Å². The second kappa shape index (κ2) is 9.12. The van der Waals surface area contributed by atoms with Crippen LogP contribution in [0.1, 0.15) is 29.8 Å². The molecule has 3 aromatic rings. The van der Waals surface area contributed by atoms with Crippen LogP contribution in [-0.4, -0.2) is 30.6 Å². The van der Waals surface area contributed by atoms with E-state index < -0.39 is 10.0 Å². The standard InChI is InChI=1S/C19H20N4O4S2/c1-13(2)27-16-10-8-14(9-11-16)12-20-29(25,26)19-23-22-18(28-19)21-17(24)15-6-4-3-5-7-15/h3-11,13,20H,12H2,1-2H3,(H,21,22,24). The Labute approximate surface area is 173 Å². The Morgan fingerprint density at radius 3 is 2.41 bits per heavy atom. The van der Waals surface area contributed by atoms with Crippen LogP contribution in [-0.2, 0) is 16.6 Å². The van der Waals surface area contributed by atoms with E-state index in [9.17, 15) is 13.2 Å². The summed E-state index contributed by atoms with van der Waals surface area (Å²) in [6.07, 6.45) is 0.0633. The first-order valence-electron chi connectivity index (χ1n) is 8.78. The Morgan fingerprint density at radius 1 is 1.07 bits per heavy atom. The van der Waals surface area contributed by atoms with Gasteiger partial charge in [-0.15, -0.1) is 10.2 Å². The lowest BCUT2D eigenvalue weighted by Gasteiger charge is -2.10. The molecule has 0 saturated carbocycles. The summed E-state index contributed by atoms with van der Waals surface area (Å²) in [6.45, 7) is 3.96. The molecule has 0 atom stereocenters. The maximum atomic E-state index is 12.4. The van der Waals surface area contributed by atoms with E-state index in [0.29, 0.717) is 5.56 Å². The highest BCUT2D eigenvalue weighted by Crippen LogP contribution is 2.21. The predicted octanol–water partition coefficient (Wildman–Crippen LogP) is 3.06. The van der Waals surface area contributed by atoms with Gasteiger partial charge in [-0.25, -0.2) is 13.1 Å². The van der Waals surface area contributed by atoms with Crippen LogP contribution in [0.2, 0.25) is 0 Å². The zero-order chi connectivity index (χ0) is 20.9. The third-order valence-electron chi connectivity index (χ3n) is 3.65. The fraction of sp³-hybridized carbons (Fsp3) is 0.211. The maximum Gasteiger partial charge on any atom is 0.270 e. The van der Waals surface area contributed by atoms with Crippen molar-refractivity contribution in [3.8, 4) is 5.75 Å². The number of nitrogens with zero attached hydrogens (tertiary/aromatic N) is 2. The van der Waals surface area contributed by atoms with Crippen LogP contribution >= 0.6 is 11.3 Å². The number of amides is 1. The molecule has 0 fully saturated rings. The predicted molar refractivity (Wildman–Crippen MR) is 111 cm³/mol. The highest BCUT2D eigenvalue weighted by atomic mass is 32.2. The Morgan fingerprint density at radius 2 is 1.76 bits per heavy atom. The molecule has 3 rings (SSSR count). The Hall–Kier alpha value is -2.82. The van der Waals surface area contributed by atoms with Crippen molar-refractivity contribution in [2.75, 3.05) is 5.32 Å². The molecule has 0 bridgehead atoms. The van der Waals surface area contributed by atoms with Crippen LogP contribution < -0.4 is 14.8 Å². The van der Waals surface area contributed by atoms with Gasteiger partial charge in [-0.05, 0) is 43.7 Å². The van der Waals surface area contributed by atoms with Crippen LogP contribution in [0.25, 0.3) is 0 Å². The molecule has 29 heavy (non-hydrogen) atoms. The number of hydrogen-bond acceptors (Lipinski definition) is 7. The molecule has 0 saturated heterocycles. The van der Waals surface area contributed by atoms with Gasteiger partial charge < -0.3 is 4.74 Å². The minimum absolute atomic E-state index is 0.0633. The van der Waals surface area contributed by atoms with Crippen LogP contribution in [0.4, 0.5) is 5.13 Å². The summed E-state index contributed by atoms with van der Waals surface area (Å²) in [5.74, 6) is 0.330. The van der Waals surface area contributed by atoms with Crippen molar-refractivity contribution in [3.05, 3.63) is 65.7 Å². The summed E-state index contributed by atoms with van der Waals surface area (Å²) in [7, 11) is -3.85. The van der Waals surface area contributed by atoms with Gasteiger partial charge in [0.2, 0.25) is 9.47 Å². The number of hydrogen-bond donors (Lipinski definition) is 2. The second-order valence-electron chi connectivity index (χ2n) is 6.33. The molecule has 0 aliphatic carbocycles. The molecular formula is C19H20N4O4S2. The van der Waals surface area contributed by atoms with Crippen molar-refractivity contribution in [2.45, 2.75) is 30.8 Å². The molecule has 0 spiro atoms.